The fraction of sp³-hybridized carbons (Fsp3) is 0.417. The topological polar surface area (TPSA) is 29.1 Å². The van der Waals surface area contributed by atoms with Crippen LogP contribution in [-0.4, -0.2) is 5.78 Å². The second-order valence-electron chi connectivity index (χ2n) is 3.71. The molecule has 1 N–H and O–H groups in total. The first-order chi connectivity index (χ1) is 7.29. The maximum absolute atomic E-state index is 11.0. The first-order valence-electron chi connectivity index (χ1n) is 5.32. The van der Waals surface area contributed by atoms with Gasteiger partial charge in [-0.3, -0.25) is 4.79 Å². The van der Waals surface area contributed by atoms with Gasteiger partial charge in [0.25, 0.3) is 0 Å². The van der Waals surface area contributed by atoms with E-state index in [1.165, 1.54) is 10.4 Å². The molecule has 1 aromatic rings. The van der Waals surface area contributed by atoms with Gasteiger partial charge in [0.15, 0.2) is 5.78 Å². The van der Waals surface area contributed by atoms with Crippen molar-refractivity contribution in [2.45, 2.75) is 32.7 Å². The number of rotatable bonds is 4. The minimum atomic E-state index is 0.249. The highest BCUT2D eigenvalue weighted by Crippen LogP contribution is 2.19. The number of hydrogen-bond acceptors (Lipinski definition) is 3. The van der Waals surface area contributed by atoms with Crippen molar-refractivity contribution in [1.82, 2.24) is 5.32 Å². The van der Waals surface area contributed by atoms with Crippen LogP contribution in [0.2, 0.25) is 0 Å². The molecule has 1 aromatic heterocycles. The summed E-state index contributed by atoms with van der Waals surface area (Å²) in [6.07, 6.45) is 4.37. The number of hydrogen-bond donors (Lipinski definition) is 1. The van der Waals surface area contributed by atoms with E-state index in [0.717, 1.165) is 25.1 Å². The zero-order valence-corrected chi connectivity index (χ0v) is 9.69. The molecule has 1 heterocycles. The first-order valence-corrected chi connectivity index (χ1v) is 6.20. The largest absolute Gasteiger partial charge is 0.383 e. The summed E-state index contributed by atoms with van der Waals surface area (Å²) in [4.78, 5) is 12.4. The third kappa shape index (κ3) is 2.48. The number of ketones is 1. The van der Waals surface area contributed by atoms with Gasteiger partial charge < -0.3 is 5.32 Å². The molecule has 15 heavy (non-hydrogen) atoms. The van der Waals surface area contributed by atoms with E-state index in [4.69, 9.17) is 0 Å². The zero-order valence-electron chi connectivity index (χ0n) is 8.88. The Morgan fingerprint density at radius 2 is 2.33 bits per heavy atom. The van der Waals surface area contributed by atoms with Gasteiger partial charge in [-0.05, 0) is 29.9 Å². The molecule has 0 saturated carbocycles. The number of thiophene rings is 1. The summed E-state index contributed by atoms with van der Waals surface area (Å²) in [7, 11) is 0. The lowest BCUT2D eigenvalue weighted by Crippen LogP contribution is -2.11. The minimum Gasteiger partial charge on any atom is -0.383 e. The van der Waals surface area contributed by atoms with Crippen molar-refractivity contribution in [2.75, 3.05) is 0 Å². The Morgan fingerprint density at radius 1 is 1.47 bits per heavy atom. The van der Waals surface area contributed by atoms with Gasteiger partial charge >= 0.3 is 0 Å². The van der Waals surface area contributed by atoms with Crippen molar-refractivity contribution in [2.24, 2.45) is 0 Å². The molecule has 0 fully saturated rings. The van der Waals surface area contributed by atoms with Crippen molar-refractivity contribution < 1.29 is 4.79 Å². The number of aryl methyl sites for hydroxylation is 1. The van der Waals surface area contributed by atoms with Crippen LogP contribution in [0.25, 0.3) is 0 Å². The lowest BCUT2D eigenvalue weighted by molar-refractivity contribution is -0.114. The molecule has 1 aliphatic rings. The zero-order chi connectivity index (χ0) is 10.7. The molecule has 0 saturated heterocycles. The quantitative estimate of drug-likeness (QED) is 0.847. The van der Waals surface area contributed by atoms with E-state index >= 15 is 0 Å². The molecule has 0 atom stereocenters. The molecule has 2 nitrogen and oxygen atoms in total. The molecule has 0 amide bonds. The fourth-order valence-electron chi connectivity index (χ4n) is 1.77. The number of allylic oxidation sites excluding steroid dienone is 2. The van der Waals surface area contributed by atoms with E-state index in [-0.39, 0.29) is 5.78 Å². The lowest BCUT2D eigenvalue weighted by atomic mass is 10.2. The Hall–Kier alpha value is -1.09. The van der Waals surface area contributed by atoms with Gasteiger partial charge in [-0.1, -0.05) is 6.92 Å². The van der Waals surface area contributed by atoms with E-state index in [0.29, 0.717) is 6.42 Å². The molecule has 80 valence electrons. The average molecular weight is 221 g/mol. The van der Waals surface area contributed by atoms with Crippen molar-refractivity contribution in [1.29, 1.82) is 0 Å². The Balaban J connectivity index is 1.93. The SMILES string of the molecule is CCc1ccsc1CNC1=CC(=O)CC1. The second-order valence-corrected chi connectivity index (χ2v) is 4.71. The van der Waals surface area contributed by atoms with Crippen molar-refractivity contribution in [3.05, 3.63) is 33.7 Å². The summed E-state index contributed by atoms with van der Waals surface area (Å²) in [6.45, 7) is 3.03. The molecule has 0 bridgehead atoms. The molecule has 0 aromatic carbocycles. The highest BCUT2D eigenvalue weighted by molar-refractivity contribution is 7.10. The molecule has 0 spiro atoms. The Kier molecular flexibility index (Phi) is 3.21. The standard InChI is InChI=1S/C12H15NOS/c1-2-9-5-6-15-12(9)8-13-10-3-4-11(14)7-10/h5-7,13H,2-4,8H2,1H3. The number of carbonyl (C=O) groups excluding carboxylic acids is 1. The van der Waals surface area contributed by atoms with Gasteiger partial charge in [0.2, 0.25) is 0 Å². The summed E-state index contributed by atoms with van der Waals surface area (Å²) >= 11 is 1.78. The number of nitrogens with one attached hydrogen (secondary N) is 1. The first kappa shape index (κ1) is 10.4. The molecule has 0 aliphatic heterocycles. The van der Waals surface area contributed by atoms with Crippen LogP contribution in [0.5, 0.6) is 0 Å². The highest BCUT2D eigenvalue weighted by atomic mass is 32.1. The van der Waals surface area contributed by atoms with Crippen LogP contribution in [0.4, 0.5) is 0 Å². The predicted octanol–water partition coefficient (Wildman–Crippen LogP) is 2.65. The Bertz CT molecular complexity index is 392. The van der Waals surface area contributed by atoms with E-state index in [1.807, 2.05) is 0 Å². The molecular weight excluding hydrogens is 206 g/mol. The van der Waals surface area contributed by atoms with Gasteiger partial charge in [-0.15, -0.1) is 11.3 Å². The second kappa shape index (κ2) is 4.62. The van der Waals surface area contributed by atoms with Gasteiger partial charge in [-0.25, -0.2) is 0 Å². The van der Waals surface area contributed by atoms with Gasteiger partial charge in [-0.2, -0.15) is 0 Å². The van der Waals surface area contributed by atoms with E-state index in [9.17, 15) is 4.79 Å². The molecule has 3 heteroatoms. The highest BCUT2D eigenvalue weighted by Gasteiger charge is 2.11. The Labute approximate surface area is 94.0 Å². The van der Waals surface area contributed by atoms with Gasteiger partial charge in [0, 0.05) is 29.6 Å². The summed E-state index contributed by atoms with van der Waals surface area (Å²) < 4.78 is 0. The Morgan fingerprint density at radius 3 is 3.00 bits per heavy atom. The van der Waals surface area contributed by atoms with Crippen LogP contribution in [0.15, 0.2) is 23.2 Å². The van der Waals surface area contributed by atoms with Crippen LogP contribution < -0.4 is 5.32 Å². The van der Waals surface area contributed by atoms with Crippen LogP contribution in [0.1, 0.15) is 30.2 Å². The third-order valence-corrected chi connectivity index (χ3v) is 3.63. The maximum Gasteiger partial charge on any atom is 0.157 e. The third-order valence-electron chi connectivity index (χ3n) is 2.67. The maximum atomic E-state index is 11.0. The molecule has 1 aliphatic carbocycles. The summed E-state index contributed by atoms with van der Waals surface area (Å²) in [5.74, 6) is 0.249. The van der Waals surface area contributed by atoms with Crippen LogP contribution in [0.3, 0.4) is 0 Å². The van der Waals surface area contributed by atoms with Crippen molar-refractivity contribution >= 4 is 17.1 Å². The minimum absolute atomic E-state index is 0.249. The van der Waals surface area contributed by atoms with Gasteiger partial charge in [0.1, 0.15) is 0 Å². The molecular formula is C12H15NOS. The van der Waals surface area contributed by atoms with Crippen molar-refractivity contribution in [3.8, 4) is 0 Å². The summed E-state index contributed by atoms with van der Waals surface area (Å²) in [6, 6.07) is 2.18. The van der Waals surface area contributed by atoms with Crippen molar-refractivity contribution in [3.63, 3.8) is 0 Å². The van der Waals surface area contributed by atoms with Crippen LogP contribution >= 0.6 is 11.3 Å². The van der Waals surface area contributed by atoms with E-state index < -0.39 is 0 Å². The molecule has 0 unspecified atom stereocenters. The summed E-state index contributed by atoms with van der Waals surface area (Å²) in [5.41, 5.74) is 2.51. The summed E-state index contributed by atoms with van der Waals surface area (Å²) in [5, 5.41) is 5.47. The lowest BCUT2D eigenvalue weighted by Gasteiger charge is -2.06. The van der Waals surface area contributed by atoms with Gasteiger partial charge in [0.05, 0.1) is 0 Å². The van der Waals surface area contributed by atoms with Crippen LogP contribution in [0, 0.1) is 0 Å². The van der Waals surface area contributed by atoms with E-state index in [2.05, 4.69) is 23.7 Å². The smallest absolute Gasteiger partial charge is 0.157 e. The van der Waals surface area contributed by atoms with Crippen LogP contribution in [-0.2, 0) is 17.8 Å². The molecule has 0 radical (unpaired) electrons. The number of carbonyl (C=O) groups is 1. The van der Waals surface area contributed by atoms with E-state index in [1.54, 1.807) is 17.4 Å². The normalized spacial score (nSPS) is 15.5. The average Bonchev–Trinajstić information content (AvgIpc) is 2.83. The fourth-order valence-corrected chi connectivity index (χ4v) is 2.68. The predicted molar refractivity (Wildman–Crippen MR) is 62.9 cm³/mol. The molecule has 2 rings (SSSR count). The monoisotopic (exact) mass is 221 g/mol.